The molecule has 0 heterocycles. The van der Waals surface area contributed by atoms with Crippen molar-refractivity contribution >= 4 is 5.97 Å². The summed E-state index contributed by atoms with van der Waals surface area (Å²) in [5, 5.41) is 0. The summed E-state index contributed by atoms with van der Waals surface area (Å²) in [6.45, 7) is 2.11. The Morgan fingerprint density at radius 1 is 1.26 bits per heavy atom. The van der Waals surface area contributed by atoms with Crippen LogP contribution in [0.3, 0.4) is 0 Å². The number of benzene rings is 1. The van der Waals surface area contributed by atoms with Crippen molar-refractivity contribution in [2.24, 2.45) is 0 Å². The molecule has 0 aliphatic carbocycles. The average Bonchev–Trinajstić information content (AvgIpc) is 2.44. The average molecular weight is 264 g/mol. The van der Waals surface area contributed by atoms with Crippen LogP contribution in [0.1, 0.15) is 25.0 Å². The molecule has 0 aliphatic rings. The fourth-order valence-electron chi connectivity index (χ4n) is 1.70. The van der Waals surface area contributed by atoms with Crippen molar-refractivity contribution in [1.82, 2.24) is 0 Å². The molecule has 0 spiro atoms. The second kappa shape index (κ2) is 8.32. The first-order valence-corrected chi connectivity index (χ1v) is 6.20. The van der Waals surface area contributed by atoms with Gasteiger partial charge in [0.2, 0.25) is 0 Å². The van der Waals surface area contributed by atoms with Gasteiger partial charge < -0.3 is 14.2 Å². The Bertz CT molecular complexity index is 411. The largest absolute Gasteiger partial charge is 0.501 e. The highest BCUT2D eigenvalue weighted by atomic mass is 16.5. The van der Waals surface area contributed by atoms with Gasteiger partial charge in [0.15, 0.2) is 0 Å². The fraction of sp³-hybridized carbons (Fsp3) is 0.400. The highest BCUT2D eigenvalue weighted by Gasteiger charge is 2.14. The van der Waals surface area contributed by atoms with E-state index >= 15 is 0 Å². The third-order valence-electron chi connectivity index (χ3n) is 2.67. The summed E-state index contributed by atoms with van der Waals surface area (Å²) in [5.41, 5.74) is 1.04. The van der Waals surface area contributed by atoms with Gasteiger partial charge in [-0.25, -0.2) is 4.79 Å². The molecule has 1 aromatic rings. The van der Waals surface area contributed by atoms with Crippen LogP contribution < -0.4 is 0 Å². The van der Waals surface area contributed by atoms with E-state index in [9.17, 15) is 4.79 Å². The summed E-state index contributed by atoms with van der Waals surface area (Å²) in [4.78, 5) is 11.4. The summed E-state index contributed by atoms with van der Waals surface area (Å²) >= 11 is 0. The Balaban J connectivity index is 2.75. The normalized spacial score (nSPS) is 12.9. The summed E-state index contributed by atoms with van der Waals surface area (Å²) < 4.78 is 15.5. The summed E-state index contributed by atoms with van der Waals surface area (Å²) in [5.74, 6) is 0.136. The van der Waals surface area contributed by atoms with Crippen LogP contribution in [0.25, 0.3) is 0 Å². The molecular weight excluding hydrogens is 244 g/mol. The minimum absolute atomic E-state index is 0.151. The molecular formula is C15H20O4. The van der Waals surface area contributed by atoms with Crippen LogP contribution in [0.4, 0.5) is 0 Å². The topological polar surface area (TPSA) is 44.8 Å². The highest BCUT2D eigenvalue weighted by Crippen LogP contribution is 2.24. The molecule has 104 valence electrons. The van der Waals surface area contributed by atoms with Gasteiger partial charge in [0, 0.05) is 13.5 Å². The van der Waals surface area contributed by atoms with E-state index in [-0.39, 0.29) is 6.10 Å². The van der Waals surface area contributed by atoms with Crippen molar-refractivity contribution in [2.75, 3.05) is 20.8 Å². The van der Waals surface area contributed by atoms with E-state index in [1.165, 1.54) is 13.2 Å². The van der Waals surface area contributed by atoms with E-state index in [1.54, 1.807) is 14.0 Å². The summed E-state index contributed by atoms with van der Waals surface area (Å²) in [7, 11) is 3.16. The van der Waals surface area contributed by atoms with E-state index in [0.717, 1.165) is 5.56 Å². The third kappa shape index (κ3) is 5.14. The van der Waals surface area contributed by atoms with Gasteiger partial charge in [-0.3, -0.25) is 0 Å². The lowest BCUT2D eigenvalue weighted by atomic mass is 10.1. The van der Waals surface area contributed by atoms with Crippen LogP contribution in [0, 0.1) is 0 Å². The van der Waals surface area contributed by atoms with Crippen LogP contribution in [-0.2, 0) is 19.0 Å². The zero-order chi connectivity index (χ0) is 14.1. The summed E-state index contributed by atoms with van der Waals surface area (Å²) in [6, 6.07) is 9.80. The predicted octanol–water partition coefficient (Wildman–Crippen LogP) is 2.86. The maximum atomic E-state index is 11.4. The second-order valence-corrected chi connectivity index (χ2v) is 3.91. The van der Waals surface area contributed by atoms with Crippen LogP contribution in [0.15, 0.2) is 42.2 Å². The van der Waals surface area contributed by atoms with Gasteiger partial charge in [0.05, 0.1) is 25.9 Å². The summed E-state index contributed by atoms with van der Waals surface area (Å²) in [6.07, 6.45) is 1.69. The first kappa shape index (κ1) is 15.2. The number of ether oxygens (including phenoxy) is 3. The van der Waals surface area contributed by atoms with Crippen molar-refractivity contribution in [3.8, 4) is 0 Å². The molecule has 1 unspecified atom stereocenters. The van der Waals surface area contributed by atoms with E-state index < -0.39 is 5.97 Å². The SMILES string of the molecule is CCOC(=O)/C=C(\CC(OC)c1ccccc1)OC. The van der Waals surface area contributed by atoms with Crippen LogP contribution in [0.2, 0.25) is 0 Å². The van der Waals surface area contributed by atoms with Crippen molar-refractivity contribution < 1.29 is 19.0 Å². The predicted molar refractivity (Wildman–Crippen MR) is 72.5 cm³/mol. The van der Waals surface area contributed by atoms with Crippen molar-refractivity contribution in [1.29, 1.82) is 0 Å². The molecule has 19 heavy (non-hydrogen) atoms. The highest BCUT2D eigenvalue weighted by molar-refractivity contribution is 5.82. The van der Waals surface area contributed by atoms with E-state index in [1.807, 2.05) is 30.3 Å². The molecule has 0 amide bonds. The minimum Gasteiger partial charge on any atom is -0.501 e. The first-order valence-electron chi connectivity index (χ1n) is 6.20. The smallest absolute Gasteiger partial charge is 0.334 e. The molecule has 0 radical (unpaired) electrons. The Labute approximate surface area is 114 Å². The maximum absolute atomic E-state index is 11.4. The maximum Gasteiger partial charge on any atom is 0.334 e. The Morgan fingerprint density at radius 2 is 1.95 bits per heavy atom. The standard InChI is InChI=1S/C15H20O4/c1-4-19-15(16)11-13(17-2)10-14(18-3)12-8-6-5-7-9-12/h5-9,11,14H,4,10H2,1-3H3/b13-11+. The van der Waals surface area contributed by atoms with Crippen LogP contribution in [0.5, 0.6) is 0 Å². The van der Waals surface area contributed by atoms with Gasteiger partial charge in [-0.2, -0.15) is 0 Å². The molecule has 0 N–H and O–H groups in total. The van der Waals surface area contributed by atoms with Gasteiger partial charge in [-0.05, 0) is 12.5 Å². The lowest BCUT2D eigenvalue weighted by Crippen LogP contribution is -2.07. The van der Waals surface area contributed by atoms with E-state index in [2.05, 4.69) is 0 Å². The molecule has 0 bridgehead atoms. The second-order valence-electron chi connectivity index (χ2n) is 3.91. The van der Waals surface area contributed by atoms with Gasteiger partial charge in [0.25, 0.3) is 0 Å². The number of methoxy groups -OCH3 is 2. The molecule has 1 aromatic carbocycles. The lowest BCUT2D eigenvalue weighted by Gasteiger charge is -2.17. The molecule has 0 saturated carbocycles. The third-order valence-corrected chi connectivity index (χ3v) is 2.67. The van der Waals surface area contributed by atoms with Gasteiger partial charge in [-0.1, -0.05) is 30.3 Å². The number of hydrogen-bond acceptors (Lipinski definition) is 4. The zero-order valence-corrected chi connectivity index (χ0v) is 11.6. The van der Waals surface area contributed by atoms with Crippen molar-refractivity contribution in [3.63, 3.8) is 0 Å². The monoisotopic (exact) mass is 264 g/mol. The molecule has 0 fully saturated rings. The zero-order valence-electron chi connectivity index (χ0n) is 11.6. The Kier molecular flexibility index (Phi) is 6.68. The molecule has 0 aliphatic heterocycles. The van der Waals surface area contributed by atoms with E-state index in [4.69, 9.17) is 14.2 Å². The van der Waals surface area contributed by atoms with Crippen molar-refractivity contribution in [2.45, 2.75) is 19.4 Å². The molecule has 1 atom stereocenters. The van der Waals surface area contributed by atoms with Gasteiger partial charge in [0.1, 0.15) is 5.76 Å². The number of carbonyl (C=O) groups excluding carboxylic acids is 1. The fourth-order valence-corrected chi connectivity index (χ4v) is 1.70. The first-order chi connectivity index (χ1) is 9.21. The lowest BCUT2D eigenvalue weighted by molar-refractivity contribution is -0.137. The van der Waals surface area contributed by atoms with Crippen molar-refractivity contribution in [3.05, 3.63) is 47.7 Å². The minimum atomic E-state index is -0.401. The molecule has 4 nitrogen and oxygen atoms in total. The molecule has 0 saturated heterocycles. The van der Waals surface area contributed by atoms with Gasteiger partial charge in [-0.15, -0.1) is 0 Å². The number of rotatable bonds is 7. The Hall–Kier alpha value is -1.81. The quantitative estimate of drug-likeness (QED) is 0.431. The number of esters is 1. The molecule has 4 heteroatoms. The van der Waals surface area contributed by atoms with Crippen LogP contribution >= 0.6 is 0 Å². The number of carbonyl (C=O) groups is 1. The van der Waals surface area contributed by atoms with Gasteiger partial charge >= 0.3 is 5.97 Å². The molecule has 1 rings (SSSR count). The Morgan fingerprint density at radius 3 is 2.47 bits per heavy atom. The van der Waals surface area contributed by atoms with E-state index in [0.29, 0.717) is 18.8 Å². The number of hydrogen-bond donors (Lipinski definition) is 0. The van der Waals surface area contributed by atoms with Crippen LogP contribution in [-0.4, -0.2) is 26.8 Å². The molecule has 0 aromatic heterocycles.